The Kier molecular flexibility index (Phi) is 4.08. The molecule has 25 heavy (non-hydrogen) atoms. The van der Waals surface area contributed by atoms with Crippen molar-refractivity contribution in [3.05, 3.63) is 59.7 Å². The Balaban J connectivity index is 1.87. The molecule has 0 bridgehead atoms. The van der Waals surface area contributed by atoms with Gasteiger partial charge in [-0.3, -0.25) is 4.31 Å². The van der Waals surface area contributed by atoms with Gasteiger partial charge in [0.15, 0.2) is 0 Å². The SMILES string of the molecule is Cc1ccc2c(c1)[C@H]1CN(C)CCC[C@H]1N2S(=O)(=O)c1ccccc1. The van der Waals surface area contributed by atoms with Gasteiger partial charge in [0, 0.05) is 12.5 Å². The largest absolute Gasteiger partial charge is 0.306 e. The van der Waals surface area contributed by atoms with E-state index in [4.69, 9.17) is 0 Å². The van der Waals surface area contributed by atoms with E-state index in [0.717, 1.165) is 31.6 Å². The molecule has 1 fully saturated rings. The van der Waals surface area contributed by atoms with Gasteiger partial charge in [0.25, 0.3) is 10.0 Å². The van der Waals surface area contributed by atoms with Crippen LogP contribution in [0.3, 0.4) is 0 Å². The van der Waals surface area contributed by atoms with E-state index in [1.165, 1.54) is 11.1 Å². The smallest absolute Gasteiger partial charge is 0.264 e. The molecule has 4 rings (SSSR count). The molecule has 0 aliphatic carbocycles. The first-order chi connectivity index (χ1) is 12.0. The number of aryl methyl sites for hydroxylation is 1. The number of hydrogen-bond donors (Lipinski definition) is 0. The highest BCUT2D eigenvalue weighted by atomic mass is 32.2. The summed E-state index contributed by atoms with van der Waals surface area (Å²) in [6.07, 6.45) is 1.92. The fraction of sp³-hybridized carbons (Fsp3) is 0.400. The molecule has 2 aliphatic rings. The third-order valence-electron chi connectivity index (χ3n) is 5.43. The molecule has 5 heteroatoms. The maximum Gasteiger partial charge on any atom is 0.264 e. The minimum absolute atomic E-state index is 0.00644. The van der Waals surface area contributed by atoms with Gasteiger partial charge in [0.2, 0.25) is 0 Å². The Hall–Kier alpha value is -1.85. The van der Waals surface area contributed by atoms with Gasteiger partial charge in [-0.25, -0.2) is 8.42 Å². The molecular formula is C20H24N2O2S. The summed E-state index contributed by atoms with van der Waals surface area (Å²) in [6, 6.07) is 15.0. The van der Waals surface area contributed by atoms with Gasteiger partial charge < -0.3 is 4.90 Å². The average molecular weight is 356 g/mol. The number of fused-ring (bicyclic) bond motifs is 3. The Labute approximate surface area is 150 Å². The van der Waals surface area contributed by atoms with Gasteiger partial charge in [-0.05, 0) is 57.1 Å². The van der Waals surface area contributed by atoms with Gasteiger partial charge in [-0.1, -0.05) is 35.9 Å². The van der Waals surface area contributed by atoms with Crippen molar-refractivity contribution in [1.82, 2.24) is 4.90 Å². The average Bonchev–Trinajstić information content (AvgIpc) is 2.76. The lowest BCUT2D eigenvalue weighted by Crippen LogP contribution is -2.40. The van der Waals surface area contributed by atoms with Crippen molar-refractivity contribution in [1.29, 1.82) is 0 Å². The maximum absolute atomic E-state index is 13.4. The van der Waals surface area contributed by atoms with Gasteiger partial charge >= 0.3 is 0 Å². The Morgan fingerprint density at radius 3 is 2.60 bits per heavy atom. The van der Waals surface area contributed by atoms with Crippen molar-refractivity contribution >= 4 is 15.7 Å². The molecule has 0 radical (unpaired) electrons. The van der Waals surface area contributed by atoms with E-state index in [0.29, 0.717) is 4.90 Å². The van der Waals surface area contributed by atoms with Crippen molar-refractivity contribution < 1.29 is 8.42 Å². The van der Waals surface area contributed by atoms with Gasteiger partial charge in [0.05, 0.1) is 16.6 Å². The second kappa shape index (κ2) is 6.15. The van der Waals surface area contributed by atoms with Crippen LogP contribution in [-0.2, 0) is 10.0 Å². The number of likely N-dealkylation sites (tertiary alicyclic amines) is 1. The second-order valence-corrected chi connectivity index (χ2v) is 9.07. The van der Waals surface area contributed by atoms with Crippen LogP contribution in [0, 0.1) is 6.92 Å². The molecule has 0 aromatic heterocycles. The van der Waals surface area contributed by atoms with Crippen molar-refractivity contribution in [2.45, 2.75) is 36.6 Å². The quantitative estimate of drug-likeness (QED) is 0.828. The first kappa shape index (κ1) is 16.6. The zero-order valence-electron chi connectivity index (χ0n) is 14.7. The standard InChI is InChI=1S/C20H24N2O2S/c1-15-10-11-20-17(13-15)18-14-21(2)12-6-9-19(18)22(20)25(23,24)16-7-4-3-5-8-16/h3-5,7-8,10-11,13,18-19H,6,9,12,14H2,1-2H3/t18-,19-/m1/s1. The predicted molar refractivity (Wildman–Crippen MR) is 101 cm³/mol. The molecule has 0 saturated carbocycles. The normalized spacial score (nSPS) is 23.8. The third kappa shape index (κ3) is 2.75. The summed E-state index contributed by atoms with van der Waals surface area (Å²) in [5, 5.41) is 0. The summed E-state index contributed by atoms with van der Waals surface area (Å²) in [5.74, 6) is 0.237. The molecule has 2 aromatic rings. The minimum atomic E-state index is -3.55. The van der Waals surface area contributed by atoms with E-state index in [9.17, 15) is 8.42 Å². The number of sulfonamides is 1. The number of benzene rings is 2. The highest BCUT2D eigenvalue weighted by molar-refractivity contribution is 7.92. The summed E-state index contributed by atoms with van der Waals surface area (Å²) in [5.41, 5.74) is 3.22. The number of nitrogens with zero attached hydrogens (tertiary/aromatic N) is 2. The van der Waals surface area contributed by atoms with Crippen LogP contribution in [0.1, 0.15) is 29.9 Å². The van der Waals surface area contributed by atoms with Crippen molar-refractivity contribution in [3.8, 4) is 0 Å². The molecule has 2 aliphatic heterocycles. The first-order valence-electron chi connectivity index (χ1n) is 8.87. The molecule has 0 amide bonds. The molecule has 0 N–H and O–H groups in total. The van der Waals surface area contributed by atoms with Crippen LogP contribution in [0.15, 0.2) is 53.4 Å². The molecular weight excluding hydrogens is 332 g/mol. The van der Waals surface area contributed by atoms with Crippen molar-refractivity contribution in [2.75, 3.05) is 24.4 Å². The monoisotopic (exact) mass is 356 g/mol. The van der Waals surface area contributed by atoms with Crippen LogP contribution < -0.4 is 4.31 Å². The molecule has 4 nitrogen and oxygen atoms in total. The summed E-state index contributed by atoms with van der Waals surface area (Å²) in [6.45, 7) is 4.00. The molecule has 2 aromatic carbocycles. The zero-order valence-corrected chi connectivity index (χ0v) is 15.5. The lowest BCUT2D eigenvalue weighted by Gasteiger charge is -2.29. The highest BCUT2D eigenvalue weighted by Crippen LogP contribution is 2.47. The van der Waals surface area contributed by atoms with Crippen LogP contribution in [0.25, 0.3) is 0 Å². The van der Waals surface area contributed by atoms with E-state index in [2.05, 4.69) is 24.9 Å². The second-order valence-electron chi connectivity index (χ2n) is 7.25. The zero-order chi connectivity index (χ0) is 17.6. The predicted octanol–water partition coefficient (Wildman–Crippen LogP) is 3.38. The number of likely N-dealkylation sites (N-methyl/N-ethyl adjacent to an activating group) is 1. The summed E-state index contributed by atoms with van der Waals surface area (Å²) >= 11 is 0. The lowest BCUT2D eigenvalue weighted by molar-refractivity contribution is 0.331. The Morgan fingerprint density at radius 2 is 1.84 bits per heavy atom. The molecule has 0 unspecified atom stereocenters. The minimum Gasteiger partial charge on any atom is -0.306 e. The summed E-state index contributed by atoms with van der Waals surface area (Å²) in [7, 11) is -1.42. The van der Waals surface area contributed by atoms with Crippen molar-refractivity contribution in [2.24, 2.45) is 0 Å². The van der Waals surface area contributed by atoms with E-state index >= 15 is 0 Å². The lowest BCUT2D eigenvalue weighted by atomic mass is 9.92. The molecule has 0 spiro atoms. The van der Waals surface area contributed by atoms with Crippen LogP contribution in [0.4, 0.5) is 5.69 Å². The van der Waals surface area contributed by atoms with Crippen LogP contribution in [0.5, 0.6) is 0 Å². The maximum atomic E-state index is 13.4. The van der Waals surface area contributed by atoms with Crippen LogP contribution in [0.2, 0.25) is 0 Å². The van der Waals surface area contributed by atoms with E-state index in [-0.39, 0.29) is 12.0 Å². The van der Waals surface area contributed by atoms with E-state index in [1.54, 1.807) is 28.6 Å². The number of anilines is 1. The topological polar surface area (TPSA) is 40.6 Å². The Morgan fingerprint density at radius 1 is 1.08 bits per heavy atom. The van der Waals surface area contributed by atoms with Gasteiger partial charge in [0.1, 0.15) is 0 Å². The third-order valence-corrected chi connectivity index (χ3v) is 7.29. The Bertz CT molecular complexity index is 880. The number of rotatable bonds is 2. The molecule has 2 heterocycles. The fourth-order valence-corrected chi connectivity index (χ4v) is 6.03. The first-order valence-corrected chi connectivity index (χ1v) is 10.3. The highest BCUT2D eigenvalue weighted by Gasteiger charge is 2.45. The molecule has 1 saturated heterocycles. The summed E-state index contributed by atoms with van der Waals surface area (Å²) < 4.78 is 28.6. The van der Waals surface area contributed by atoms with Crippen LogP contribution in [-0.4, -0.2) is 39.5 Å². The van der Waals surface area contributed by atoms with E-state index < -0.39 is 10.0 Å². The number of hydrogen-bond acceptors (Lipinski definition) is 3. The van der Waals surface area contributed by atoms with Gasteiger partial charge in [-0.15, -0.1) is 0 Å². The summed E-state index contributed by atoms with van der Waals surface area (Å²) in [4.78, 5) is 2.70. The fourth-order valence-electron chi connectivity index (χ4n) is 4.27. The van der Waals surface area contributed by atoms with Crippen molar-refractivity contribution in [3.63, 3.8) is 0 Å². The van der Waals surface area contributed by atoms with Crippen LogP contribution >= 0.6 is 0 Å². The molecule has 132 valence electrons. The van der Waals surface area contributed by atoms with E-state index in [1.807, 2.05) is 18.2 Å². The molecule has 2 atom stereocenters. The van der Waals surface area contributed by atoms with Gasteiger partial charge in [-0.2, -0.15) is 0 Å².